The maximum Gasteiger partial charge on any atom is 0.307 e. The number of hydrogen-bond acceptors (Lipinski definition) is 2. The molecule has 19 heavy (non-hydrogen) atoms. The SMILES string of the molecule is O=C(O)C/C=C/c1ccc(N(CCCl)CCCl)cc1. The van der Waals surface area contributed by atoms with E-state index in [1.807, 2.05) is 24.3 Å². The van der Waals surface area contributed by atoms with Crippen molar-refractivity contribution in [2.75, 3.05) is 29.7 Å². The number of carboxylic acids is 1. The summed E-state index contributed by atoms with van der Waals surface area (Å²) in [6.45, 7) is 1.50. The van der Waals surface area contributed by atoms with Crippen LogP contribution < -0.4 is 4.90 Å². The van der Waals surface area contributed by atoms with Gasteiger partial charge in [0.2, 0.25) is 0 Å². The first-order chi connectivity index (χ1) is 9.17. The highest BCUT2D eigenvalue weighted by atomic mass is 35.5. The quantitative estimate of drug-likeness (QED) is 0.748. The van der Waals surface area contributed by atoms with Gasteiger partial charge < -0.3 is 10.0 Å². The molecule has 0 bridgehead atoms. The van der Waals surface area contributed by atoms with Crippen molar-refractivity contribution in [3.05, 3.63) is 35.9 Å². The first-order valence-electron chi connectivity index (χ1n) is 6.02. The van der Waals surface area contributed by atoms with Crippen molar-refractivity contribution in [1.82, 2.24) is 0 Å². The van der Waals surface area contributed by atoms with Gasteiger partial charge >= 0.3 is 5.97 Å². The molecule has 0 heterocycles. The van der Waals surface area contributed by atoms with Gasteiger partial charge in [0.25, 0.3) is 0 Å². The van der Waals surface area contributed by atoms with E-state index in [1.54, 1.807) is 12.2 Å². The Balaban J connectivity index is 2.68. The number of anilines is 1. The summed E-state index contributed by atoms with van der Waals surface area (Å²) in [5.74, 6) is 0.275. The van der Waals surface area contributed by atoms with Crippen LogP contribution in [0.15, 0.2) is 30.3 Å². The summed E-state index contributed by atoms with van der Waals surface area (Å²) in [5, 5.41) is 8.54. The molecule has 0 unspecified atom stereocenters. The molecular weight excluding hydrogens is 285 g/mol. The zero-order chi connectivity index (χ0) is 14.1. The molecule has 1 aromatic carbocycles. The lowest BCUT2D eigenvalue weighted by Gasteiger charge is -2.22. The number of benzene rings is 1. The predicted molar refractivity (Wildman–Crippen MR) is 81.4 cm³/mol. The molecule has 0 aliphatic heterocycles. The fourth-order valence-corrected chi connectivity index (χ4v) is 2.07. The number of carbonyl (C=O) groups is 1. The summed E-state index contributed by atoms with van der Waals surface area (Å²) in [7, 11) is 0. The monoisotopic (exact) mass is 301 g/mol. The summed E-state index contributed by atoms with van der Waals surface area (Å²) in [4.78, 5) is 12.5. The Hall–Kier alpha value is -1.19. The van der Waals surface area contributed by atoms with E-state index >= 15 is 0 Å². The molecule has 104 valence electrons. The highest BCUT2D eigenvalue weighted by Gasteiger charge is 2.04. The second-order valence-electron chi connectivity index (χ2n) is 3.96. The van der Waals surface area contributed by atoms with Gasteiger partial charge in [0.05, 0.1) is 6.42 Å². The van der Waals surface area contributed by atoms with Crippen molar-refractivity contribution in [3.63, 3.8) is 0 Å². The van der Waals surface area contributed by atoms with Crippen LogP contribution in [0.25, 0.3) is 6.08 Å². The Kier molecular flexibility index (Phi) is 7.38. The largest absolute Gasteiger partial charge is 0.481 e. The Labute approximate surface area is 123 Å². The normalized spacial score (nSPS) is 10.8. The van der Waals surface area contributed by atoms with Gasteiger partial charge in [-0.25, -0.2) is 0 Å². The molecule has 0 spiro atoms. The lowest BCUT2D eigenvalue weighted by molar-refractivity contribution is -0.135. The van der Waals surface area contributed by atoms with Crippen molar-refractivity contribution in [2.24, 2.45) is 0 Å². The minimum atomic E-state index is -0.830. The highest BCUT2D eigenvalue weighted by Crippen LogP contribution is 2.16. The molecular formula is C14H17Cl2NO2. The standard InChI is InChI=1S/C14H17Cl2NO2/c15-8-10-17(11-9-16)13-6-4-12(5-7-13)2-1-3-14(18)19/h1-2,4-7H,3,8-11H2,(H,18,19)/b2-1+. The predicted octanol–water partition coefficient (Wildman–Crippen LogP) is 3.46. The zero-order valence-corrected chi connectivity index (χ0v) is 12.1. The van der Waals surface area contributed by atoms with Crippen LogP contribution in [-0.4, -0.2) is 35.9 Å². The molecule has 0 radical (unpaired) electrons. The van der Waals surface area contributed by atoms with E-state index in [0.717, 1.165) is 24.3 Å². The second-order valence-corrected chi connectivity index (χ2v) is 4.71. The van der Waals surface area contributed by atoms with Crippen LogP contribution in [0.3, 0.4) is 0 Å². The van der Waals surface area contributed by atoms with Crippen molar-refractivity contribution in [2.45, 2.75) is 6.42 Å². The molecule has 0 amide bonds. The number of carboxylic acid groups (broad SMARTS) is 1. The third-order valence-corrected chi connectivity index (χ3v) is 2.91. The number of aliphatic carboxylic acids is 1. The molecule has 0 aliphatic carbocycles. The van der Waals surface area contributed by atoms with E-state index in [9.17, 15) is 4.79 Å². The van der Waals surface area contributed by atoms with Crippen molar-refractivity contribution >= 4 is 40.9 Å². The number of nitrogens with zero attached hydrogens (tertiary/aromatic N) is 1. The van der Waals surface area contributed by atoms with E-state index < -0.39 is 5.97 Å². The Morgan fingerprint density at radius 2 is 1.74 bits per heavy atom. The van der Waals surface area contributed by atoms with Gasteiger partial charge in [0, 0.05) is 30.5 Å². The molecule has 0 aromatic heterocycles. The Morgan fingerprint density at radius 1 is 1.16 bits per heavy atom. The van der Waals surface area contributed by atoms with Crippen LogP contribution in [-0.2, 0) is 4.79 Å². The number of alkyl halides is 2. The molecule has 1 rings (SSSR count). The van der Waals surface area contributed by atoms with Gasteiger partial charge in [-0.15, -0.1) is 23.2 Å². The molecule has 3 nitrogen and oxygen atoms in total. The number of hydrogen-bond donors (Lipinski definition) is 1. The molecule has 0 fully saturated rings. The maximum atomic E-state index is 10.4. The van der Waals surface area contributed by atoms with Crippen molar-refractivity contribution < 1.29 is 9.90 Å². The first kappa shape index (κ1) is 15.9. The van der Waals surface area contributed by atoms with Crippen molar-refractivity contribution in [1.29, 1.82) is 0 Å². The van der Waals surface area contributed by atoms with Gasteiger partial charge in [-0.05, 0) is 17.7 Å². The van der Waals surface area contributed by atoms with E-state index in [1.165, 1.54) is 0 Å². The summed E-state index contributed by atoms with van der Waals surface area (Å²) >= 11 is 11.5. The van der Waals surface area contributed by atoms with Crippen LogP contribution in [0.4, 0.5) is 5.69 Å². The Morgan fingerprint density at radius 3 is 2.21 bits per heavy atom. The third kappa shape index (κ3) is 5.99. The van der Waals surface area contributed by atoms with Gasteiger partial charge in [-0.2, -0.15) is 0 Å². The molecule has 0 aliphatic rings. The van der Waals surface area contributed by atoms with Gasteiger partial charge in [-0.3, -0.25) is 4.79 Å². The highest BCUT2D eigenvalue weighted by molar-refractivity contribution is 6.18. The minimum Gasteiger partial charge on any atom is -0.481 e. The minimum absolute atomic E-state index is 0.0341. The molecule has 1 N–H and O–H groups in total. The van der Waals surface area contributed by atoms with Crippen LogP contribution in [0, 0.1) is 0 Å². The zero-order valence-electron chi connectivity index (χ0n) is 10.6. The average Bonchev–Trinajstić information content (AvgIpc) is 2.39. The third-order valence-electron chi connectivity index (χ3n) is 2.57. The topological polar surface area (TPSA) is 40.5 Å². The fraction of sp³-hybridized carbons (Fsp3) is 0.357. The first-order valence-corrected chi connectivity index (χ1v) is 7.09. The molecule has 5 heteroatoms. The van der Waals surface area contributed by atoms with Crippen LogP contribution in [0.2, 0.25) is 0 Å². The van der Waals surface area contributed by atoms with Gasteiger partial charge in [-0.1, -0.05) is 24.3 Å². The van der Waals surface area contributed by atoms with Crippen LogP contribution >= 0.6 is 23.2 Å². The van der Waals surface area contributed by atoms with Gasteiger partial charge in [0.15, 0.2) is 0 Å². The van der Waals surface area contributed by atoms with Gasteiger partial charge in [0.1, 0.15) is 0 Å². The molecule has 1 aromatic rings. The second kappa shape index (κ2) is 8.83. The van der Waals surface area contributed by atoms with Crippen LogP contribution in [0.5, 0.6) is 0 Å². The van der Waals surface area contributed by atoms with E-state index in [2.05, 4.69) is 4.90 Å². The lowest BCUT2D eigenvalue weighted by Crippen LogP contribution is -2.27. The van der Waals surface area contributed by atoms with E-state index in [-0.39, 0.29) is 6.42 Å². The number of rotatable bonds is 8. The Bertz CT molecular complexity index is 412. The van der Waals surface area contributed by atoms with Crippen molar-refractivity contribution in [3.8, 4) is 0 Å². The maximum absolute atomic E-state index is 10.4. The smallest absolute Gasteiger partial charge is 0.307 e. The fourth-order valence-electron chi connectivity index (χ4n) is 1.67. The van der Waals surface area contributed by atoms with E-state index in [4.69, 9.17) is 28.3 Å². The average molecular weight is 302 g/mol. The summed E-state index contributed by atoms with van der Waals surface area (Å²) < 4.78 is 0. The molecule has 0 atom stereocenters. The summed E-state index contributed by atoms with van der Waals surface area (Å²) in [6, 6.07) is 7.87. The molecule has 0 saturated heterocycles. The summed E-state index contributed by atoms with van der Waals surface area (Å²) in [6.07, 6.45) is 3.46. The summed E-state index contributed by atoms with van der Waals surface area (Å²) in [5.41, 5.74) is 2.04. The molecule has 0 saturated carbocycles. The lowest BCUT2D eigenvalue weighted by atomic mass is 10.1. The number of halogens is 2. The van der Waals surface area contributed by atoms with E-state index in [0.29, 0.717) is 11.8 Å². The van der Waals surface area contributed by atoms with Crippen LogP contribution in [0.1, 0.15) is 12.0 Å².